The molecule has 0 saturated carbocycles. The number of nitrogens with zero attached hydrogens (tertiary/aromatic N) is 2. The van der Waals surface area contributed by atoms with Gasteiger partial charge in [-0.15, -0.1) is 24.8 Å². The van der Waals surface area contributed by atoms with E-state index in [4.69, 9.17) is 16.3 Å². The van der Waals surface area contributed by atoms with Gasteiger partial charge in [0, 0.05) is 30.2 Å². The highest BCUT2D eigenvalue weighted by molar-refractivity contribution is 6.31. The Morgan fingerprint density at radius 2 is 1.58 bits per heavy atom. The van der Waals surface area contributed by atoms with Crippen LogP contribution in [0, 0.1) is 0 Å². The van der Waals surface area contributed by atoms with Gasteiger partial charge < -0.3 is 14.5 Å². The van der Waals surface area contributed by atoms with Crippen molar-refractivity contribution in [2.45, 2.75) is 19.5 Å². The van der Waals surface area contributed by atoms with Crippen LogP contribution >= 0.6 is 36.4 Å². The SMILES string of the molecule is CN(C)Cc1c(Cl)cccc1OCCCN(C)Cc1ccccc1.Cl.Cl. The summed E-state index contributed by atoms with van der Waals surface area (Å²) in [5.41, 5.74) is 2.39. The summed E-state index contributed by atoms with van der Waals surface area (Å²) in [6.45, 7) is 3.44. The number of hydrogen-bond donors (Lipinski definition) is 0. The average Bonchev–Trinajstić information content (AvgIpc) is 2.55. The highest BCUT2D eigenvalue weighted by Gasteiger charge is 2.09. The molecular formula is C20H29Cl3N2O. The number of benzene rings is 2. The lowest BCUT2D eigenvalue weighted by atomic mass is 10.2. The minimum Gasteiger partial charge on any atom is -0.493 e. The largest absolute Gasteiger partial charge is 0.493 e. The first-order valence-electron chi connectivity index (χ1n) is 8.33. The van der Waals surface area contributed by atoms with Crippen LogP contribution in [-0.4, -0.2) is 44.1 Å². The first-order chi connectivity index (χ1) is 11.6. The van der Waals surface area contributed by atoms with Crippen LogP contribution in [0.15, 0.2) is 48.5 Å². The second-order valence-electron chi connectivity index (χ2n) is 6.38. The van der Waals surface area contributed by atoms with E-state index in [-0.39, 0.29) is 24.8 Å². The second-order valence-corrected chi connectivity index (χ2v) is 6.79. The molecule has 2 aromatic carbocycles. The Bertz CT molecular complexity index is 624. The van der Waals surface area contributed by atoms with Crippen molar-refractivity contribution >= 4 is 36.4 Å². The van der Waals surface area contributed by atoms with E-state index < -0.39 is 0 Å². The zero-order valence-corrected chi connectivity index (χ0v) is 18.0. The third kappa shape index (κ3) is 8.61. The van der Waals surface area contributed by atoms with Gasteiger partial charge in [0.05, 0.1) is 6.61 Å². The summed E-state index contributed by atoms with van der Waals surface area (Å²) in [5.74, 6) is 0.891. The molecule has 6 heteroatoms. The van der Waals surface area contributed by atoms with Crippen molar-refractivity contribution in [3.8, 4) is 5.75 Å². The summed E-state index contributed by atoms with van der Waals surface area (Å²) in [5, 5.41) is 0.766. The summed E-state index contributed by atoms with van der Waals surface area (Å²) in [6, 6.07) is 16.4. The van der Waals surface area contributed by atoms with Gasteiger partial charge in [0.1, 0.15) is 5.75 Å². The van der Waals surface area contributed by atoms with Gasteiger partial charge >= 0.3 is 0 Å². The minimum atomic E-state index is 0. The van der Waals surface area contributed by atoms with Gasteiger partial charge in [-0.05, 0) is 45.3 Å². The Balaban J connectivity index is 0.00000312. The Morgan fingerprint density at radius 3 is 2.23 bits per heavy atom. The molecule has 0 aliphatic carbocycles. The molecule has 0 N–H and O–H groups in total. The summed E-state index contributed by atoms with van der Waals surface area (Å²) in [6.07, 6.45) is 0.983. The Labute approximate surface area is 175 Å². The van der Waals surface area contributed by atoms with Crippen molar-refractivity contribution < 1.29 is 4.74 Å². The van der Waals surface area contributed by atoms with E-state index in [1.807, 2.05) is 38.4 Å². The molecule has 0 radical (unpaired) electrons. The summed E-state index contributed by atoms with van der Waals surface area (Å²) in [7, 11) is 6.21. The predicted molar refractivity (Wildman–Crippen MR) is 116 cm³/mol. The molecular weight excluding hydrogens is 391 g/mol. The van der Waals surface area contributed by atoms with Gasteiger partial charge in [0.2, 0.25) is 0 Å². The average molecular weight is 420 g/mol. The van der Waals surface area contributed by atoms with Gasteiger partial charge in [-0.3, -0.25) is 0 Å². The van der Waals surface area contributed by atoms with Gasteiger partial charge in [-0.1, -0.05) is 48.0 Å². The lowest BCUT2D eigenvalue weighted by molar-refractivity contribution is 0.255. The van der Waals surface area contributed by atoms with Crippen LogP contribution in [0.2, 0.25) is 5.02 Å². The smallest absolute Gasteiger partial charge is 0.125 e. The summed E-state index contributed by atoms with van der Waals surface area (Å²) >= 11 is 6.31. The van der Waals surface area contributed by atoms with Crippen molar-refractivity contribution in [2.75, 3.05) is 34.3 Å². The molecule has 0 heterocycles. The Morgan fingerprint density at radius 1 is 0.885 bits per heavy atom. The van der Waals surface area contributed by atoms with E-state index in [0.29, 0.717) is 6.61 Å². The van der Waals surface area contributed by atoms with Crippen LogP contribution in [0.25, 0.3) is 0 Å². The molecule has 0 unspecified atom stereocenters. The maximum absolute atomic E-state index is 6.31. The van der Waals surface area contributed by atoms with Crippen LogP contribution in [-0.2, 0) is 13.1 Å². The molecule has 0 saturated heterocycles. The Hall–Kier alpha value is -0.970. The fourth-order valence-corrected chi connectivity index (χ4v) is 2.86. The van der Waals surface area contributed by atoms with E-state index in [9.17, 15) is 0 Å². The molecule has 0 aliphatic rings. The quantitative estimate of drug-likeness (QED) is 0.523. The van der Waals surface area contributed by atoms with Crippen molar-refractivity contribution in [1.29, 1.82) is 0 Å². The lowest BCUT2D eigenvalue weighted by Crippen LogP contribution is -2.21. The number of rotatable bonds is 9. The maximum atomic E-state index is 6.31. The van der Waals surface area contributed by atoms with Crippen molar-refractivity contribution in [3.63, 3.8) is 0 Å². The fraction of sp³-hybridized carbons (Fsp3) is 0.400. The first kappa shape index (κ1) is 25.0. The van der Waals surface area contributed by atoms with E-state index >= 15 is 0 Å². The normalized spacial score (nSPS) is 10.4. The highest BCUT2D eigenvalue weighted by Crippen LogP contribution is 2.27. The van der Waals surface area contributed by atoms with Crippen molar-refractivity contribution in [3.05, 3.63) is 64.7 Å². The van der Waals surface area contributed by atoms with Crippen molar-refractivity contribution in [2.24, 2.45) is 0 Å². The van der Waals surface area contributed by atoms with E-state index in [0.717, 1.165) is 42.4 Å². The topological polar surface area (TPSA) is 15.7 Å². The number of ether oxygens (including phenoxy) is 1. The lowest BCUT2D eigenvalue weighted by Gasteiger charge is -2.18. The molecule has 0 amide bonds. The maximum Gasteiger partial charge on any atom is 0.125 e. The number of halogens is 3. The zero-order chi connectivity index (χ0) is 17.4. The predicted octanol–water partition coefficient (Wildman–Crippen LogP) is 5.15. The fourth-order valence-electron chi connectivity index (χ4n) is 2.63. The molecule has 0 atom stereocenters. The zero-order valence-electron chi connectivity index (χ0n) is 15.7. The molecule has 146 valence electrons. The Kier molecular flexibility index (Phi) is 12.7. The molecule has 3 nitrogen and oxygen atoms in total. The third-order valence-corrected chi connectivity index (χ3v) is 4.14. The van der Waals surface area contributed by atoms with Crippen LogP contribution < -0.4 is 4.74 Å². The molecule has 0 bridgehead atoms. The van der Waals surface area contributed by atoms with Crippen LogP contribution in [0.5, 0.6) is 5.75 Å². The summed E-state index contributed by atoms with van der Waals surface area (Å²) in [4.78, 5) is 4.42. The molecule has 0 fully saturated rings. The third-order valence-electron chi connectivity index (χ3n) is 3.79. The molecule has 26 heavy (non-hydrogen) atoms. The van der Waals surface area contributed by atoms with Gasteiger partial charge in [-0.2, -0.15) is 0 Å². The highest BCUT2D eigenvalue weighted by atomic mass is 35.5. The molecule has 2 aromatic rings. The molecule has 0 spiro atoms. The monoisotopic (exact) mass is 418 g/mol. The van der Waals surface area contributed by atoms with E-state index in [2.05, 4.69) is 41.1 Å². The first-order valence-corrected chi connectivity index (χ1v) is 8.71. The standard InChI is InChI=1S/C20H27ClN2O.2ClH/c1-22(2)16-18-19(21)11-7-12-20(18)24-14-8-13-23(3)15-17-9-5-4-6-10-17;;/h4-7,9-12H,8,13-16H2,1-3H3;2*1H. The summed E-state index contributed by atoms with van der Waals surface area (Å²) < 4.78 is 5.98. The minimum absolute atomic E-state index is 0. The van der Waals surface area contributed by atoms with Crippen LogP contribution in [0.4, 0.5) is 0 Å². The van der Waals surface area contributed by atoms with Gasteiger partial charge in [0.25, 0.3) is 0 Å². The molecule has 0 aliphatic heterocycles. The van der Waals surface area contributed by atoms with Crippen LogP contribution in [0.1, 0.15) is 17.5 Å². The van der Waals surface area contributed by atoms with Crippen molar-refractivity contribution in [1.82, 2.24) is 9.80 Å². The van der Waals surface area contributed by atoms with Gasteiger partial charge in [0.15, 0.2) is 0 Å². The second kappa shape index (κ2) is 13.2. The van der Waals surface area contributed by atoms with Crippen LogP contribution in [0.3, 0.4) is 0 Å². The molecule has 0 aromatic heterocycles. The van der Waals surface area contributed by atoms with E-state index in [1.54, 1.807) is 0 Å². The van der Waals surface area contributed by atoms with Gasteiger partial charge in [-0.25, -0.2) is 0 Å². The molecule has 2 rings (SSSR count). The number of hydrogen-bond acceptors (Lipinski definition) is 3. The van der Waals surface area contributed by atoms with E-state index in [1.165, 1.54) is 5.56 Å².